The third-order valence-corrected chi connectivity index (χ3v) is 4.85. The Bertz CT molecular complexity index is 739. The molecule has 0 aliphatic carbocycles. The maximum atomic E-state index is 14.5. The van der Waals surface area contributed by atoms with Gasteiger partial charge in [0.05, 0.1) is 37.4 Å². The molecule has 1 atom stereocenters. The smallest absolute Gasteiger partial charge is 0.414 e. The Labute approximate surface area is 147 Å². The van der Waals surface area contributed by atoms with E-state index in [1.807, 2.05) is 0 Å². The summed E-state index contributed by atoms with van der Waals surface area (Å²) in [6, 6.07) is 2.18. The fourth-order valence-electron chi connectivity index (χ4n) is 3.54. The van der Waals surface area contributed by atoms with Crippen molar-refractivity contribution in [1.82, 2.24) is 5.32 Å². The molecule has 1 unspecified atom stereocenters. The highest BCUT2D eigenvalue weighted by Gasteiger charge is 2.50. The number of halogens is 2. The van der Waals surface area contributed by atoms with Gasteiger partial charge in [-0.3, -0.25) is 4.90 Å². The first-order valence-corrected chi connectivity index (χ1v) is 8.14. The van der Waals surface area contributed by atoms with Crippen molar-refractivity contribution >= 4 is 23.6 Å². The molecule has 0 bridgehead atoms. The van der Waals surface area contributed by atoms with Crippen molar-refractivity contribution in [3.05, 3.63) is 23.8 Å². The Balaban J connectivity index is 1.48. The summed E-state index contributed by atoms with van der Waals surface area (Å²) in [6.45, 7) is 2.19. The Morgan fingerprint density at radius 3 is 2.50 bits per heavy atom. The third-order valence-electron chi connectivity index (χ3n) is 4.85. The average Bonchev–Trinajstić information content (AvgIpc) is 2.85. The molecule has 8 nitrogen and oxygen atoms in total. The largest absolute Gasteiger partial charge is 0.465 e. The molecule has 3 fully saturated rings. The number of hydrogen-bond donors (Lipinski definition) is 2. The molecule has 3 aliphatic heterocycles. The second-order valence-corrected chi connectivity index (χ2v) is 6.91. The summed E-state index contributed by atoms with van der Waals surface area (Å²) in [5.74, 6) is -1.51. The van der Waals surface area contributed by atoms with E-state index in [0.29, 0.717) is 26.3 Å². The molecule has 1 spiro atoms. The van der Waals surface area contributed by atoms with Crippen LogP contribution in [-0.4, -0.2) is 62.8 Å². The van der Waals surface area contributed by atoms with Crippen molar-refractivity contribution in [2.45, 2.75) is 6.10 Å². The molecule has 0 saturated carbocycles. The van der Waals surface area contributed by atoms with Crippen molar-refractivity contribution in [1.29, 1.82) is 0 Å². The Kier molecular flexibility index (Phi) is 3.87. The van der Waals surface area contributed by atoms with Crippen LogP contribution >= 0.6 is 0 Å². The fraction of sp³-hybridized carbons (Fsp3) is 0.500. The number of carbonyl (C=O) groups excluding carboxylic acids is 1. The van der Waals surface area contributed by atoms with Gasteiger partial charge in [0.25, 0.3) is 0 Å². The van der Waals surface area contributed by atoms with Gasteiger partial charge in [-0.1, -0.05) is 0 Å². The monoisotopic (exact) mass is 369 g/mol. The summed E-state index contributed by atoms with van der Waals surface area (Å²) in [5.41, 5.74) is -0.0579. The van der Waals surface area contributed by atoms with E-state index in [0.717, 1.165) is 17.0 Å². The SMILES string of the molecule is O=C(O)NCC1CN(c2cc(F)c(N3CC4(COC4)C3)c(F)c2)C(=O)O1. The van der Waals surface area contributed by atoms with Crippen LogP contribution in [0.15, 0.2) is 12.1 Å². The van der Waals surface area contributed by atoms with Crippen molar-refractivity contribution in [2.75, 3.05) is 49.2 Å². The minimum atomic E-state index is -1.25. The van der Waals surface area contributed by atoms with Crippen LogP contribution in [0.4, 0.5) is 29.7 Å². The van der Waals surface area contributed by atoms with Crippen LogP contribution in [0.2, 0.25) is 0 Å². The highest BCUT2D eigenvalue weighted by atomic mass is 19.1. The number of rotatable bonds is 4. The number of cyclic esters (lactones) is 1. The quantitative estimate of drug-likeness (QED) is 0.834. The molecule has 10 heteroatoms. The number of hydrogen-bond acceptors (Lipinski definition) is 5. The zero-order valence-electron chi connectivity index (χ0n) is 13.7. The van der Waals surface area contributed by atoms with E-state index in [-0.39, 0.29) is 29.9 Å². The second kappa shape index (κ2) is 5.97. The summed E-state index contributed by atoms with van der Waals surface area (Å²) in [4.78, 5) is 25.1. The standard InChI is InChI=1S/C16H17F2N3O5/c17-11-1-9(21-4-10(26-15(21)24)3-19-14(22)23)2-12(18)13(11)20-5-16(6-20)7-25-8-16/h1-2,10,19H,3-8H2,(H,22,23). The number of nitrogens with one attached hydrogen (secondary N) is 1. The van der Waals surface area contributed by atoms with E-state index in [1.165, 1.54) is 0 Å². The molecule has 3 heterocycles. The third kappa shape index (κ3) is 2.79. The number of benzene rings is 1. The molecule has 1 aromatic carbocycles. The molecule has 4 rings (SSSR count). The summed E-state index contributed by atoms with van der Waals surface area (Å²) in [5, 5.41) is 10.7. The lowest BCUT2D eigenvalue weighted by molar-refractivity contribution is -0.127. The minimum absolute atomic E-state index is 0.00149. The van der Waals surface area contributed by atoms with Crippen molar-refractivity contribution in [3.63, 3.8) is 0 Å². The lowest BCUT2D eigenvalue weighted by atomic mass is 9.77. The van der Waals surface area contributed by atoms with Crippen molar-refractivity contribution in [2.24, 2.45) is 5.41 Å². The lowest BCUT2D eigenvalue weighted by Gasteiger charge is -2.56. The van der Waals surface area contributed by atoms with Crippen LogP contribution in [0.5, 0.6) is 0 Å². The Morgan fingerprint density at radius 2 is 1.96 bits per heavy atom. The first-order chi connectivity index (χ1) is 12.4. The summed E-state index contributed by atoms with van der Waals surface area (Å²) in [7, 11) is 0. The normalized spacial score (nSPS) is 23.5. The van der Waals surface area contributed by atoms with Gasteiger partial charge in [-0.05, 0) is 0 Å². The maximum Gasteiger partial charge on any atom is 0.414 e. The first-order valence-electron chi connectivity index (χ1n) is 8.14. The lowest BCUT2D eigenvalue weighted by Crippen LogP contribution is -2.66. The topological polar surface area (TPSA) is 91.3 Å². The average molecular weight is 369 g/mol. The van der Waals surface area contributed by atoms with Crippen LogP contribution in [0.25, 0.3) is 0 Å². The molecule has 26 heavy (non-hydrogen) atoms. The summed E-state index contributed by atoms with van der Waals surface area (Å²) in [6.07, 6.45) is -2.74. The molecule has 2 amide bonds. The van der Waals surface area contributed by atoms with Gasteiger partial charge in [0, 0.05) is 25.2 Å². The molecule has 0 radical (unpaired) electrons. The zero-order valence-corrected chi connectivity index (χ0v) is 13.7. The zero-order chi connectivity index (χ0) is 18.5. The molecule has 140 valence electrons. The number of anilines is 2. The van der Waals surface area contributed by atoms with Gasteiger partial charge in [-0.15, -0.1) is 0 Å². The van der Waals surface area contributed by atoms with Crippen LogP contribution in [0.1, 0.15) is 0 Å². The molecular formula is C16H17F2N3O5. The molecule has 3 aliphatic rings. The van der Waals surface area contributed by atoms with E-state index in [9.17, 15) is 18.4 Å². The van der Waals surface area contributed by atoms with Gasteiger partial charge < -0.3 is 24.8 Å². The van der Waals surface area contributed by atoms with Gasteiger partial charge in [-0.2, -0.15) is 0 Å². The van der Waals surface area contributed by atoms with Crippen LogP contribution in [-0.2, 0) is 9.47 Å². The minimum Gasteiger partial charge on any atom is -0.465 e. The van der Waals surface area contributed by atoms with Gasteiger partial charge in [0.1, 0.15) is 11.8 Å². The number of carbonyl (C=O) groups is 2. The van der Waals surface area contributed by atoms with Crippen molar-refractivity contribution in [3.8, 4) is 0 Å². The fourth-order valence-corrected chi connectivity index (χ4v) is 3.54. The summed E-state index contributed by atoms with van der Waals surface area (Å²) >= 11 is 0. The van der Waals surface area contributed by atoms with Gasteiger partial charge in [0.2, 0.25) is 0 Å². The number of carboxylic acid groups (broad SMARTS) is 1. The maximum absolute atomic E-state index is 14.5. The van der Waals surface area contributed by atoms with Crippen LogP contribution < -0.4 is 15.1 Å². The van der Waals surface area contributed by atoms with Crippen LogP contribution in [0, 0.1) is 17.0 Å². The van der Waals surface area contributed by atoms with Gasteiger partial charge >= 0.3 is 12.2 Å². The van der Waals surface area contributed by atoms with E-state index in [4.69, 9.17) is 14.6 Å². The number of nitrogens with zero attached hydrogens (tertiary/aromatic N) is 2. The van der Waals surface area contributed by atoms with E-state index in [1.54, 1.807) is 4.90 Å². The molecular weight excluding hydrogens is 352 g/mol. The number of amides is 2. The number of ether oxygens (including phenoxy) is 2. The molecule has 1 aromatic rings. The van der Waals surface area contributed by atoms with E-state index < -0.39 is 29.9 Å². The van der Waals surface area contributed by atoms with Gasteiger partial charge in [-0.25, -0.2) is 18.4 Å². The predicted octanol–water partition coefficient (Wildman–Crippen LogP) is 1.39. The highest BCUT2D eigenvalue weighted by Crippen LogP contribution is 2.42. The van der Waals surface area contributed by atoms with Crippen LogP contribution in [0.3, 0.4) is 0 Å². The van der Waals surface area contributed by atoms with Gasteiger partial charge in [0.15, 0.2) is 11.6 Å². The highest BCUT2D eigenvalue weighted by molar-refractivity contribution is 5.90. The van der Waals surface area contributed by atoms with Crippen molar-refractivity contribution < 1.29 is 33.0 Å². The molecule has 2 N–H and O–H groups in total. The predicted molar refractivity (Wildman–Crippen MR) is 85.5 cm³/mol. The van der Waals surface area contributed by atoms with E-state index >= 15 is 0 Å². The second-order valence-electron chi connectivity index (χ2n) is 6.91. The Morgan fingerprint density at radius 1 is 1.31 bits per heavy atom. The molecule has 3 saturated heterocycles. The van der Waals surface area contributed by atoms with E-state index in [2.05, 4.69) is 5.32 Å². The Hall–Kier alpha value is -2.62. The first kappa shape index (κ1) is 16.8. The summed E-state index contributed by atoms with van der Waals surface area (Å²) < 4.78 is 39.2. The molecule has 0 aromatic heterocycles.